The second-order valence-electron chi connectivity index (χ2n) is 3.30. The summed E-state index contributed by atoms with van der Waals surface area (Å²) in [6.07, 6.45) is -0.108. The largest absolute Gasteiger partial charge is 0.373 e. The van der Waals surface area contributed by atoms with Crippen LogP contribution in [0.15, 0.2) is 0 Å². The first-order valence-corrected chi connectivity index (χ1v) is 6.29. The van der Waals surface area contributed by atoms with Crippen LogP contribution < -0.4 is 0 Å². The smallest absolute Gasteiger partial charge is 0.228 e. The molecule has 1 heterocycles. The maximum Gasteiger partial charge on any atom is 0.228 e. The van der Waals surface area contributed by atoms with Gasteiger partial charge in [-0.15, -0.1) is 11.6 Å². The van der Waals surface area contributed by atoms with Crippen LogP contribution in [0.3, 0.4) is 0 Å². The average Bonchev–Trinajstić information content (AvgIpc) is 2.02. The molecule has 2 atom stereocenters. The van der Waals surface area contributed by atoms with Crippen molar-refractivity contribution in [2.24, 2.45) is 0 Å². The van der Waals surface area contributed by atoms with Crippen LogP contribution >= 0.6 is 11.6 Å². The Morgan fingerprint density at radius 1 is 1.38 bits per heavy atom. The molecule has 0 aromatic heterocycles. The third kappa shape index (κ3) is 2.80. The highest BCUT2D eigenvalue weighted by molar-refractivity contribution is 7.90. The first-order chi connectivity index (χ1) is 5.95. The molecule has 0 bridgehead atoms. The van der Waals surface area contributed by atoms with Gasteiger partial charge in [-0.05, 0) is 13.8 Å². The summed E-state index contributed by atoms with van der Waals surface area (Å²) >= 11 is 5.35. The van der Waals surface area contributed by atoms with Gasteiger partial charge in [0.2, 0.25) is 10.0 Å². The van der Waals surface area contributed by atoms with Crippen LogP contribution in [0.5, 0.6) is 0 Å². The van der Waals surface area contributed by atoms with Crippen molar-refractivity contribution < 1.29 is 13.2 Å². The van der Waals surface area contributed by atoms with Crippen LogP contribution in [0.25, 0.3) is 0 Å². The highest BCUT2D eigenvalue weighted by Gasteiger charge is 2.29. The summed E-state index contributed by atoms with van der Waals surface area (Å²) in [7, 11) is -3.27. The van der Waals surface area contributed by atoms with E-state index in [2.05, 4.69) is 0 Å². The van der Waals surface area contributed by atoms with Gasteiger partial charge in [0.05, 0.1) is 12.2 Å². The predicted molar refractivity (Wildman–Crippen MR) is 51.2 cm³/mol. The Hall–Kier alpha value is 0.160. The monoisotopic (exact) mass is 227 g/mol. The number of ether oxygens (including phenoxy) is 1. The molecule has 0 radical (unpaired) electrons. The summed E-state index contributed by atoms with van der Waals surface area (Å²) < 4.78 is 29.6. The maximum absolute atomic E-state index is 11.4. The van der Waals surface area contributed by atoms with E-state index >= 15 is 0 Å². The lowest BCUT2D eigenvalue weighted by molar-refractivity contribution is -0.0439. The molecule has 0 aromatic carbocycles. The molecule has 0 aliphatic carbocycles. The Morgan fingerprint density at radius 2 is 1.85 bits per heavy atom. The van der Waals surface area contributed by atoms with Gasteiger partial charge in [-0.3, -0.25) is 0 Å². The van der Waals surface area contributed by atoms with Gasteiger partial charge >= 0.3 is 0 Å². The van der Waals surface area contributed by atoms with Crippen molar-refractivity contribution in [2.45, 2.75) is 26.1 Å². The summed E-state index contributed by atoms with van der Waals surface area (Å²) in [6, 6.07) is 0. The lowest BCUT2D eigenvalue weighted by atomic mass is 10.3. The van der Waals surface area contributed by atoms with Gasteiger partial charge < -0.3 is 4.74 Å². The van der Waals surface area contributed by atoms with Crippen molar-refractivity contribution in [3.05, 3.63) is 0 Å². The standard InChI is InChI=1S/C7H14ClNO3S/c1-6-3-9(4-7(2)12-6)13(10,11)5-8/h6-7H,3-5H2,1-2H3/t6-,7+. The zero-order chi connectivity index (χ0) is 10.1. The number of hydrogen-bond donors (Lipinski definition) is 0. The van der Waals surface area contributed by atoms with Crippen LogP contribution in [0, 0.1) is 0 Å². The maximum atomic E-state index is 11.4. The van der Waals surface area contributed by atoms with Crippen LogP contribution in [0.4, 0.5) is 0 Å². The summed E-state index contributed by atoms with van der Waals surface area (Å²) in [5.74, 6) is 0. The van der Waals surface area contributed by atoms with Gasteiger partial charge in [0.25, 0.3) is 0 Å². The molecule has 0 saturated carbocycles. The SMILES string of the molecule is C[C@@H]1CN(S(=O)(=O)CCl)C[C@H](C)O1. The molecule has 1 saturated heterocycles. The van der Waals surface area contributed by atoms with E-state index in [1.54, 1.807) is 0 Å². The first kappa shape index (κ1) is 11.2. The summed E-state index contributed by atoms with van der Waals surface area (Å²) in [6.45, 7) is 4.51. The Bertz CT molecular complexity index is 257. The van der Waals surface area contributed by atoms with Gasteiger partial charge in [0, 0.05) is 13.1 Å². The minimum absolute atomic E-state index is 0.0539. The van der Waals surface area contributed by atoms with E-state index < -0.39 is 10.0 Å². The number of nitrogens with zero attached hydrogens (tertiary/aromatic N) is 1. The first-order valence-electron chi connectivity index (χ1n) is 4.15. The molecule has 78 valence electrons. The van der Waals surface area contributed by atoms with Crippen molar-refractivity contribution in [1.82, 2.24) is 4.31 Å². The second-order valence-corrected chi connectivity index (χ2v) is 5.85. The molecule has 1 aliphatic heterocycles. The molecule has 13 heavy (non-hydrogen) atoms. The minimum Gasteiger partial charge on any atom is -0.373 e. The molecular formula is C7H14ClNO3S. The zero-order valence-corrected chi connectivity index (χ0v) is 9.31. The average molecular weight is 228 g/mol. The van der Waals surface area contributed by atoms with Gasteiger partial charge in [-0.25, -0.2) is 8.42 Å². The molecule has 4 nitrogen and oxygen atoms in total. The number of halogens is 1. The van der Waals surface area contributed by atoms with E-state index in [0.717, 1.165) is 0 Å². The number of morpholine rings is 1. The Labute approximate surface area is 83.9 Å². The molecule has 0 N–H and O–H groups in total. The highest BCUT2D eigenvalue weighted by Crippen LogP contribution is 2.15. The number of alkyl halides is 1. The van der Waals surface area contributed by atoms with Crippen LogP contribution in [-0.4, -0.2) is 43.2 Å². The van der Waals surface area contributed by atoms with E-state index in [-0.39, 0.29) is 17.4 Å². The van der Waals surface area contributed by atoms with Crippen molar-refractivity contribution in [2.75, 3.05) is 18.3 Å². The number of sulfonamides is 1. The Morgan fingerprint density at radius 3 is 2.23 bits per heavy atom. The topological polar surface area (TPSA) is 46.6 Å². The fourth-order valence-electron chi connectivity index (χ4n) is 1.43. The highest BCUT2D eigenvalue weighted by atomic mass is 35.5. The van der Waals surface area contributed by atoms with Crippen LogP contribution in [0.2, 0.25) is 0 Å². The normalized spacial score (nSPS) is 31.9. The molecule has 1 fully saturated rings. The van der Waals surface area contributed by atoms with Gasteiger partial charge in [-0.1, -0.05) is 0 Å². The lowest BCUT2D eigenvalue weighted by Gasteiger charge is -2.33. The van der Waals surface area contributed by atoms with Gasteiger partial charge in [0.1, 0.15) is 5.21 Å². The lowest BCUT2D eigenvalue weighted by Crippen LogP contribution is -2.48. The van der Waals surface area contributed by atoms with Crippen molar-refractivity contribution in [3.8, 4) is 0 Å². The van der Waals surface area contributed by atoms with Crippen LogP contribution in [-0.2, 0) is 14.8 Å². The van der Waals surface area contributed by atoms with Gasteiger partial charge in [0.15, 0.2) is 0 Å². The van der Waals surface area contributed by atoms with Gasteiger partial charge in [-0.2, -0.15) is 4.31 Å². The number of rotatable bonds is 2. The van der Waals surface area contributed by atoms with E-state index in [0.29, 0.717) is 13.1 Å². The molecule has 1 aliphatic rings. The van der Waals surface area contributed by atoms with Crippen molar-refractivity contribution >= 4 is 21.6 Å². The fourth-order valence-corrected chi connectivity index (χ4v) is 2.85. The predicted octanol–water partition coefficient (Wildman–Crippen LogP) is 0.622. The molecule has 0 spiro atoms. The quantitative estimate of drug-likeness (QED) is 0.650. The molecule has 0 unspecified atom stereocenters. The third-order valence-corrected chi connectivity index (χ3v) is 4.11. The second kappa shape index (κ2) is 4.13. The van der Waals surface area contributed by atoms with E-state index in [9.17, 15) is 8.42 Å². The summed E-state index contributed by atoms with van der Waals surface area (Å²) in [5, 5.41) is -0.355. The Kier molecular flexibility index (Phi) is 3.57. The van der Waals surface area contributed by atoms with Crippen molar-refractivity contribution in [3.63, 3.8) is 0 Å². The van der Waals surface area contributed by atoms with Crippen LogP contribution in [0.1, 0.15) is 13.8 Å². The summed E-state index contributed by atoms with van der Waals surface area (Å²) in [5.41, 5.74) is 0. The van der Waals surface area contributed by atoms with E-state index in [4.69, 9.17) is 16.3 Å². The molecule has 1 rings (SSSR count). The van der Waals surface area contributed by atoms with E-state index in [1.165, 1.54) is 4.31 Å². The summed E-state index contributed by atoms with van der Waals surface area (Å²) in [4.78, 5) is 0. The number of hydrogen-bond acceptors (Lipinski definition) is 3. The minimum atomic E-state index is -3.27. The van der Waals surface area contributed by atoms with Crippen molar-refractivity contribution in [1.29, 1.82) is 0 Å². The zero-order valence-electron chi connectivity index (χ0n) is 7.73. The molecule has 0 aromatic rings. The van der Waals surface area contributed by atoms with E-state index in [1.807, 2.05) is 13.8 Å². The molecule has 6 heteroatoms. The molecule has 0 amide bonds. The third-order valence-electron chi connectivity index (χ3n) is 1.92. The molecular weight excluding hydrogens is 214 g/mol. The Balaban J connectivity index is 2.71. The fraction of sp³-hybridized carbons (Fsp3) is 1.00.